The molecule has 1 aliphatic heterocycles. The minimum absolute atomic E-state index is 0.0560. The Balaban J connectivity index is 1.02. The van der Waals surface area contributed by atoms with Gasteiger partial charge in [0.25, 0.3) is 0 Å². The Labute approximate surface area is 351 Å². The first-order chi connectivity index (χ1) is 31.6. The number of hydrogen-bond donors (Lipinski definition) is 0. The van der Waals surface area contributed by atoms with Crippen LogP contribution in [0.5, 0.6) is 11.5 Å². The first kappa shape index (κ1) is 27.5. The fourth-order valence-corrected chi connectivity index (χ4v) is 7.92. The number of rotatable bonds is 7. The maximum absolute atomic E-state index is 8.59. The summed E-state index contributed by atoms with van der Waals surface area (Å²) in [5, 5.41) is 1.80. The number of anilines is 4. The number of para-hydroxylation sites is 3. The number of hydrogen-bond acceptors (Lipinski definition) is 4. The van der Waals surface area contributed by atoms with Crippen LogP contribution in [0.15, 0.2) is 182 Å². The number of benzene rings is 7. The summed E-state index contributed by atoms with van der Waals surface area (Å²) in [6, 6.07) is 46.1. The zero-order valence-electron chi connectivity index (χ0n) is 40.3. The summed E-state index contributed by atoms with van der Waals surface area (Å²) in [4.78, 5) is 9.37. The average Bonchev–Trinajstić information content (AvgIpc) is 3.86. The molecule has 0 saturated carbocycles. The SMILES string of the molecule is [2H]c1c([2H])c([2H])c(-c2cnc(-n3c4ccccc4c4ccc(Oc5cccc(N6CN(c7cc(-c8ccccc8)cc(C(C)(C)C)c7)c7ccccc76)c5)cc43)cc2C([2H])([2H])[2H])c([2H])c1[2H]. The normalized spacial score (nSPS) is 14.9. The zero-order valence-corrected chi connectivity index (χ0v) is 32.3. The van der Waals surface area contributed by atoms with Crippen LogP contribution < -0.4 is 14.5 Å². The van der Waals surface area contributed by atoms with Gasteiger partial charge in [-0.05, 0) is 101 Å². The molecule has 58 heavy (non-hydrogen) atoms. The molecule has 282 valence electrons. The van der Waals surface area contributed by atoms with Crippen LogP contribution in [0.1, 0.15) is 42.9 Å². The van der Waals surface area contributed by atoms with E-state index in [4.69, 9.17) is 20.7 Å². The van der Waals surface area contributed by atoms with E-state index in [-0.39, 0.29) is 27.9 Å². The summed E-state index contributed by atoms with van der Waals surface area (Å²) in [5.74, 6) is 1.45. The fraction of sp³-hybridized carbons (Fsp3) is 0.113. The second kappa shape index (κ2) is 14.1. The van der Waals surface area contributed by atoms with E-state index in [1.807, 2.05) is 71.3 Å². The van der Waals surface area contributed by atoms with Gasteiger partial charge in [-0.3, -0.25) is 4.57 Å². The maximum atomic E-state index is 8.59. The van der Waals surface area contributed by atoms with Crippen molar-refractivity contribution >= 4 is 44.6 Å². The highest BCUT2D eigenvalue weighted by Crippen LogP contribution is 2.46. The molecule has 10 rings (SSSR count). The van der Waals surface area contributed by atoms with Crippen molar-refractivity contribution in [2.45, 2.75) is 33.0 Å². The van der Waals surface area contributed by atoms with Gasteiger partial charge in [0.2, 0.25) is 0 Å². The van der Waals surface area contributed by atoms with Gasteiger partial charge in [0.1, 0.15) is 24.0 Å². The standard InChI is InChI=1S/C53H44N4O/c1-36-28-52(54-34-47(36)38-18-9-6-10-19-38)57-48-23-12-11-22-45(48)46-27-26-44(33-51(46)57)58-43-21-15-20-41(32-43)55-35-56(50-25-14-13-24-49(50)55)42-30-39(37-16-7-5-8-17-37)29-40(31-42)53(2,3)4/h5-34H,35H2,1-4H3/i1D3,6D,9D,10D,18D,19D. The molecule has 5 nitrogen and oxygen atoms in total. The molecule has 1 aliphatic rings. The van der Waals surface area contributed by atoms with Gasteiger partial charge in [0.05, 0.1) is 29.3 Å². The number of aromatic nitrogens is 2. The van der Waals surface area contributed by atoms with E-state index in [1.54, 1.807) is 0 Å². The average molecular weight is 761 g/mol. The molecular formula is C53H44N4O. The van der Waals surface area contributed by atoms with Crippen molar-refractivity contribution in [2.24, 2.45) is 0 Å². The number of ether oxygens (including phenoxy) is 1. The summed E-state index contributed by atoms with van der Waals surface area (Å²) in [5.41, 5.74) is 8.76. The molecule has 0 N–H and O–H groups in total. The number of fused-ring (bicyclic) bond motifs is 4. The molecule has 0 radical (unpaired) electrons. The molecule has 0 spiro atoms. The smallest absolute Gasteiger partial charge is 0.137 e. The number of pyridine rings is 1. The summed E-state index contributed by atoms with van der Waals surface area (Å²) in [6.07, 6.45) is 1.29. The van der Waals surface area contributed by atoms with Crippen LogP contribution in [-0.4, -0.2) is 16.2 Å². The van der Waals surface area contributed by atoms with Crippen molar-refractivity contribution in [2.75, 3.05) is 16.5 Å². The predicted molar refractivity (Wildman–Crippen MR) is 241 cm³/mol. The van der Waals surface area contributed by atoms with Crippen molar-refractivity contribution in [3.8, 4) is 39.6 Å². The lowest BCUT2D eigenvalue weighted by Gasteiger charge is -2.26. The number of nitrogens with zero attached hydrogens (tertiary/aromatic N) is 4. The Morgan fingerprint density at radius 2 is 1.33 bits per heavy atom. The molecule has 2 aromatic heterocycles. The summed E-state index contributed by atoms with van der Waals surface area (Å²) in [6.45, 7) is 4.60. The summed E-state index contributed by atoms with van der Waals surface area (Å²) < 4.78 is 75.8. The Bertz CT molecular complexity index is 3350. The van der Waals surface area contributed by atoms with Crippen LogP contribution in [-0.2, 0) is 5.41 Å². The third-order valence-electron chi connectivity index (χ3n) is 10.8. The molecule has 0 amide bonds. The Morgan fingerprint density at radius 3 is 2.12 bits per heavy atom. The van der Waals surface area contributed by atoms with Crippen molar-refractivity contribution in [1.29, 1.82) is 0 Å². The van der Waals surface area contributed by atoms with E-state index >= 15 is 0 Å². The predicted octanol–water partition coefficient (Wildman–Crippen LogP) is 14.2. The van der Waals surface area contributed by atoms with Gasteiger partial charge in [-0.1, -0.05) is 124 Å². The van der Waals surface area contributed by atoms with Crippen molar-refractivity contribution in [3.05, 3.63) is 193 Å². The van der Waals surface area contributed by atoms with Gasteiger partial charge in [-0.2, -0.15) is 0 Å². The van der Waals surface area contributed by atoms with E-state index in [9.17, 15) is 0 Å². The van der Waals surface area contributed by atoms with E-state index in [2.05, 4.69) is 103 Å². The third kappa shape index (κ3) is 6.35. The second-order valence-corrected chi connectivity index (χ2v) is 15.6. The Kier molecular flexibility index (Phi) is 6.69. The van der Waals surface area contributed by atoms with Gasteiger partial charge in [-0.15, -0.1) is 0 Å². The Hall–Kier alpha value is -7.11. The van der Waals surface area contributed by atoms with E-state index < -0.39 is 37.1 Å². The van der Waals surface area contributed by atoms with Crippen LogP contribution in [0, 0.1) is 6.85 Å². The van der Waals surface area contributed by atoms with E-state index in [1.165, 1.54) is 29.0 Å². The van der Waals surface area contributed by atoms with Crippen LogP contribution in [0.3, 0.4) is 0 Å². The van der Waals surface area contributed by atoms with Crippen molar-refractivity contribution in [1.82, 2.24) is 9.55 Å². The maximum Gasteiger partial charge on any atom is 0.137 e. The van der Waals surface area contributed by atoms with Crippen molar-refractivity contribution in [3.63, 3.8) is 0 Å². The molecule has 0 bridgehead atoms. The quantitative estimate of drug-likeness (QED) is 0.162. The molecule has 9 aromatic rings. The molecule has 5 heteroatoms. The highest BCUT2D eigenvalue weighted by molar-refractivity contribution is 6.09. The lowest BCUT2D eigenvalue weighted by atomic mass is 9.85. The van der Waals surface area contributed by atoms with E-state index in [0.717, 1.165) is 39.0 Å². The van der Waals surface area contributed by atoms with Gasteiger partial charge >= 0.3 is 0 Å². The molecule has 0 unspecified atom stereocenters. The minimum atomic E-state index is -2.72. The summed E-state index contributed by atoms with van der Waals surface area (Å²) >= 11 is 0. The zero-order chi connectivity index (χ0) is 46.2. The first-order valence-electron chi connectivity index (χ1n) is 23.3. The second-order valence-electron chi connectivity index (χ2n) is 15.6. The van der Waals surface area contributed by atoms with E-state index in [0.29, 0.717) is 23.7 Å². The lowest BCUT2D eigenvalue weighted by Crippen LogP contribution is -2.24. The van der Waals surface area contributed by atoms with Crippen LogP contribution in [0.25, 0.3) is 49.9 Å². The topological polar surface area (TPSA) is 33.5 Å². The molecule has 3 heterocycles. The third-order valence-corrected chi connectivity index (χ3v) is 10.8. The summed E-state index contributed by atoms with van der Waals surface area (Å²) in [7, 11) is 0. The van der Waals surface area contributed by atoms with Gasteiger partial charge in [-0.25, -0.2) is 4.98 Å². The van der Waals surface area contributed by atoms with Crippen LogP contribution in [0.2, 0.25) is 0 Å². The largest absolute Gasteiger partial charge is 0.457 e. The van der Waals surface area contributed by atoms with Crippen molar-refractivity contribution < 1.29 is 15.7 Å². The fourth-order valence-electron chi connectivity index (χ4n) is 7.92. The van der Waals surface area contributed by atoms with Gasteiger partial charge in [0, 0.05) is 50.2 Å². The van der Waals surface area contributed by atoms with Crippen LogP contribution >= 0.6 is 0 Å². The first-order valence-corrected chi connectivity index (χ1v) is 19.3. The van der Waals surface area contributed by atoms with Crippen LogP contribution in [0.4, 0.5) is 22.7 Å². The molecule has 0 aliphatic carbocycles. The van der Waals surface area contributed by atoms with Gasteiger partial charge in [0.15, 0.2) is 0 Å². The molecular weight excluding hydrogens is 709 g/mol. The molecule has 0 fully saturated rings. The molecule has 0 saturated heterocycles. The van der Waals surface area contributed by atoms with Gasteiger partial charge < -0.3 is 14.5 Å². The monoisotopic (exact) mass is 760 g/mol. The minimum Gasteiger partial charge on any atom is -0.457 e. The molecule has 7 aromatic carbocycles. The highest BCUT2D eigenvalue weighted by Gasteiger charge is 2.29. The lowest BCUT2D eigenvalue weighted by molar-refractivity contribution is 0.483. The number of aryl methyl sites for hydroxylation is 1. The molecule has 0 atom stereocenters. The highest BCUT2D eigenvalue weighted by atomic mass is 16.5. The Morgan fingerprint density at radius 1 is 0.603 bits per heavy atom.